The molecule has 0 radical (unpaired) electrons. The van der Waals surface area contributed by atoms with Crippen molar-refractivity contribution in [2.75, 3.05) is 52.5 Å². The maximum absolute atomic E-state index is 14.5. The molecule has 26 nitrogen and oxygen atoms in total. The van der Waals surface area contributed by atoms with Crippen LogP contribution in [-0.2, 0) is 68.7 Å². The molecule has 7 amide bonds. The number of hydrogen-bond donors (Lipinski definition) is 13. The van der Waals surface area contributed by atoms with Crippen LogP contribution >= 0.6 is 0 Å². The Morgan fingerprint density at radius 1 is 0.674 bits per heavy atom. The molecule has 1 saturated heterocycles. The second-order valence-electron chi connectivity index (χ2n) is 22.8. The van der Waals surface area contributed by atoms with Gasteiger partial charge in [0, 0.05) is 76.5 Å². The highest BCUT2D eigenvalue weighted by molar-refractivity contribution is 5.98. The lowest BCUT2D eigenvalue weighted by Crippen LogP contribution is -2.57. The first kappa shape index (κ1) is 75.7. The van der Waals surface area contributed by atoms with Gasteiger partial charge in [0.2, 0.25) is 41.4 Å². The van der Waals surface area contributed by atoms with E-state index in [4.69, 9.17) is 21.9 Å². The van der Waals surface area contributed by atoms with Crippen LogP contribution in [0.5, 0.6) is 0 Å². The van der Waals surface area contributed by atoms with Gasteiger partial charge in [0.1, 0.15) is 29.7 Å². The zero-order valence-corrected chi connectivity index (χ0v) is 50.9. The molecule has 2 rings (SSSR count). The van der Waals surface area contributed by atoms with Gasteiger partial charge >= 0.3 is 0 Å². The standard InChI is InChI=1S/C60H98N10O16/c1-36(2)29-49-60(85)68-48(19-24-63)59(84)67-47(18-23-62)53(78)34-45(39(5)74)57(82)65-26-20-41(55(80)66-46(17-22-61)51(76)32-42(56(81)69-49)30-40-14-8-6-9-15-40)31-52(77)50(35-71)70-58(83)44(38(4)73)33-43(75)16-10-7-11-25-64-54(79)21-28-86-27-12-13-37(3)72/h6,8-9,14-15,36,38-39,41-42,44-50,71,73-74H,7,10-13,16-35,61-63H2,1-5H3,(H,64,79)(H,65,82)(H,66,80)(H,67,84)(H,68,85)(H,69,81)(H,70,83)/t38-,39-,41-,42+,44+,45+,46+,47+,48+,49+,50-/m1/s1. The molecule has 1 heterocycles. The van der Waals surface area contributed by atoms with Crippen LogP contribution in [-0.4, -0.2) is 181 Å². The number of carbonyl (C=O) groups excluding carboxylic acids is 12. The molecule has 1 fully saturated rings. The molecule has 0 saturated carbocycles. The summed E-state index contributed by atoms with van der Waals surface area (Å²) in [7, 11) is 0. The van der Waals surface area contributed by atoms with Crippen LogP contribution in [0.4, 0.5) is 0 Å². The number of ether oxygens (including phenoxy) is 1. The Balaban J connectivity index is 2.47. The minimum atomic E-state index is -1.67. The minimum absolute atomic E-state index is 0.00161. The molecule has 86 heavy (non-hydrogen) atoms. The third kappa shape index (κ3) is 29.3. The van der Waals surface area contributed by atoms with Crippen molar-refractivity contribution in [1.82, 2.24) is 37.2 Å². The number of amides is 7. The van der Waals surface area contributed by atoms with Crippen molar-refractivity contribution in [3.63, 3.8) is 0 Å². The van der Waals surface area contributed by atoms with E-state index in [2.05, 4.69) is 37.2 Å². The first-order chi connectivity index (χ1) is 40.8. The van der Waals surface area contributed by atoms with Gasteiger partial charge in [0.25, 0.3) is 0 Å². The highest BCUT2D eigenvalue weighted by atomic mass is 16.5. The molecule has 11 atom stereocenters. The molecule has 1 aromatic rings. The Morgan fingerprint density at radius 2 is 1.26 bits per heavy atom. The molecule has 0 spiro atoms. The summed E-state index contributed by atoms with van der Waals surface area (Å²) in [5.74, 6) is -13.2. The minimum Gasteiger partial charge on any atom is -0.394 e. The maximum atomic E-state index is 14.5. The number of aliphatic hydroxyl groups is 3. The second-order valence-corrected chi connectivity index (χ2v) is 22.8. The zero-order valence-electron chi connectivity index (χ0n) is 50.9. The van der Waals surface area contributed by atoms with Crippen molar-refractivity contribution in [1.29, 1.82) is 0 Å². The van der Waals surface area contributed by atoms with E-state index in [9.17, 15) is 72.9 Å². The van der Waals surface area contributed by atoms with E-state index in [0.717, 1.165) is 0 Å². The van der Waals surface area contributed by atoms with Crippen molar-refractivity contribution in [2.24, 2.45) is 46.8 Å². The van der Waals surface area contributed by atoms with E-state index in [1.807, 2.05) is 13.8 Å². The summed E-state index contributed by atoms with van der Waals surface area (Å²) >= 11 is 0. The van der Waals surface area contributed by atoms with E-state index < -0.39 is 151 Å². The number of aliphatic hydroxyl groups excluding tert-OH is 3. The van der Waals surface area contributed by atoms with Crippen molar-refractivity contribution in [2.45, 2.75) is 186 Å². The average molecular weight is 1220 g/mol. The van der Waals surface area contributed by atoms with Gasteiger partial charge in [-0.2, -0.15) is 0 Å². The van der Waals surface area contributed by atoms with Crippen molar-refractivity contribution in [3.8, 4) is 0 Å². The van der Waals surface area contributed by atoms with Gasteiger partial charge in [-0.25, -0.2) is 0 Å². The summed E-state index contributed by atoms with van der Waals surface area (Å²) in [5.41, 5.74) is 18.4. The lowest BCUT2D eigenvalue weighted by atomic mass is 9.89. The quantitative estimate of drug-likeness (QED) is 0.0367. The Morgan fingerprint density at radius 3 is 1.85 bits per heavy atom. The Hall–Kier alpha value is -6.42. The van der Waals surface area contributed by atoms with Crippen LogP contribution in [0.3, 0.4) is 0 Å². The fourth-order valence-corrected chi connectivity index (χ4v) is 9.78. The fourth-order valence-electron chi connectivity index (χ4n) is 9.78. The van der Waals surface area contributed by atoms with Gasteiger partial charge in [-0.3, -0.25) is 52.7 Å². The summed E-state index contributed by atoms with van der Waals surface area (Å²) in [6, 6.07) is 1.86. The fraction of sp³-hybridized carbons (Fsp3) is 0.700. The second kappa shape index (κ2) is 41.6. The summed E-state index contributed by atoms with van der Waals surface area (Å²) in [6.45, 7) is 6.94. The first-order valence-electron chi connectivity index (χ1n) is 30.2. The molecule has 16 N–H and O–H groups in total. The Labute approximate surface area is 504 Å². The van der Waals surface area contributed by atoms with Gasteiger partial charge in [0.05, 0.1) is 49.3 Å². The van der Waals surface area contributed by atoms with Gasteiger partial charge in [-0.1, -0.05) is 50.6 Å². The third-order valence-corrected chi connectivity index (χ3v) is 14.8. The SMILES string of the molecule is CC(=O)CCCOCCC(=O)NCCCCCC(=O)C[C@H](C(=O)N[C@H](CO)C(=O)C[C@H]1CCNC(=O)[C@H]([C@@H](C)O)CC(=O)[C@H](CCN)NC(=O)[C@H](CCN)NC(=O)[C@H](CC(C)C)NC(=O)[C@@H](Cc2ccccc2)CC(=O)[C@H](CCN)NC1=O)[C@@H](C)O. The van der Waals surface area contributed by atoms with E-state index >= 15 is 0 Å². The molecule has 1 aliphatic rings. The van der Waals surface area contributed by atoms with Crippen molar-refractivity contribution < 1.29 is 77.6 Å². The highest BCUT2D eigenvalue weighted by Crippen LogP contribution is 2.21. The molecular formula is C60H98N10O16. The smallest absolute Gasteiger partial charge is 0.243 e. The molecule has 1 aromatic carbocycles. The number of hydrogen-bond acceptors (Lipinski definition) is 19. The average Bonchev–Trinajstić information content (AvgIpc) is 3.44. The number of carbonyl (C=O) groups is 12. The lowest BCUT2D eigenvalue weighted by Gasteiger charge is -2.27. The Bertz CT molecular complexity index is 2360. The molecular weight excluding hydrogens is 1120 g/mol. The number of nitrogens with one attached hydrogen (secondary N) is 7. The van der Waals surface area contributed by atoms with E-state index in [0.29, 0.717) is 50.8 Å². The van der Waals surface area contributed by atoms with Gasteiger partial charge in [-0.15, -0.1) is 0 Å². The van der Waals surface area contributed by atoms with Crippen LogP contribution in [0.15, 0.2) is 30.3 Å². The van der Waals surface area contributed by atoms with Crippen LogP contribution in [0.1, 0.15) is 143 Å². The van der Waals surface area contributed by atoms with Crippen LogP contribution in [0.25, 0.3) is 0 Å². The summed E-state index contributed by atoms with van der Waals surface area (Å²) in [4.78, 5) is 163. The first-order valence-corrected chi connectivity index (χ1v) is 30.2. The molecule has 0 unspecified atom stereocenters. The highest BCUT2D eigenvalue weighted by Gasteiger charge is 2.37. The largest absolute Gasteiger partial charge is 0.394 e. The zero-order chi connectivity index (χ0) is 64.3. The normalized spacial score (nSPS) is 22.2. The predicted molar refractivity (Wildman–Crippen MR) is 318 cm³/mol. The monoisotopic (exact) mass is 1210 g/mol. The number of unbranched alkanes of at least 4 members (excludes halogenated alkanes) is 2. The summed E-state index contributed by atoms with van der Waals surface area (Å²) in [5, 5.41) is 50.4. The van der Waals surface area contributed by atoms with Gasteiger partial charge < -0.3 is 79.3 Å². The maximum Gasteiger partial charge on any atom is 0.243 e. The molecule has 0 aliphatic carbocycles. The third-order valence-electron chi connectivity index (χ3n) is 14.8. The number of nitrogens with two attached hydrogens (primary N) is 3. The van der Waals surface area contributed by atoms with Crippen molar-refractivity contribution >= 4 is 70.3 Å². The molecule has 0 bridgehead atoms. The Kier molecular flexibility index (Phi) is 36.6. The van der Waals surface area contributed by atoms with E-state index in [-0.39, 0.29) is 108 Å². The van der Waals surface area contributed by atoms with Crippen LogP contribution < -0.4 is 54.4 Å². The van der Waals surface area contributed by atoms with Crippen LogP contribution in [0.2, 0.25) is 0 Å². The predicted octanol–water partition coefficient (Wildman–Crippen LogP) is -1.23. The van der Waals surface area contributed by atoms with E-state index in [1.54, 1.807) is 30.3 Å². The lowest BCUT2D eigenvalue weighted by molar-refractivity contribution is -0.137. The van der Waals surface area contributed by atoms with Gasteiger partial charge in [-0.05, 0) is 110 Å². The summed E-state index contributed by atoms with van der Waals surface area (Å²) < 4.78 is 5.38. The van der Waals surface area contributed by atoms with E-state index in [1.165, 1.54) is 20.8 Å². The molecule has 484 valence electrons. The summed E-state index contributed by atoms with van der Waals surface area (Å²) in [6.07, 6.45) is -2.93. The van der Waals surface area contributed by atoms with Gasteiger partial charge in [0.15, 0.2) is 17.3 Å². The van der Waals surface area contributed by atoms with Crippen molar-refractivity contribution in [3.05, 3.63) is 35.9 Å². The molecule has 1 aliphatic heterocycles. The number of ketones is 5. The number of Topliss-reactive ketones (excluding diaryl/α,β-unsaturated/α-hetero) is 5. The number of benzene rings is 1. The molecule has 26 heteroatoms. The molecule has 0 aromatic heterocycles. The van der Waals surface area contributed by atoms with Crippen LogP contribution in [0, 0.1) is 29.6 Å². The number of rotatable bonds is 33. The topological polar surface area (TPSA) is 437 Å².